The number of aliphatic carboxylic acids is 1. The van der Waals surface area contributed by atoms with Crippen LogP contribution in [-0.4, -0.2) is 59.1 Å². The molecular weight excluding hydrogens is 258 g/mol. The van der Waals surface area contributed by atoms with Gasteiger partial charge in [-0.2, -0.15) is 11.8 Å². The summed E-state index contributed by atoms with van der Waals surface area (Å²) < 4.78 is 0. The molecule has 7 nitrogen and oxygen atoms in total. The van der Waals surface area contributed by atoms with Crippen LogP contribution in [0.1, 0.15) is 13.3 Å². The highest BCUT2D eigenvalue weighted by Gasteiger charge is 2.22. The number of carboxylic acids is 1. The summed E-state index contributed by atoms with van der Waals surface area (Å²) in [4.78, 5) is 34.6. The molecule has 0 heterocycles. The maximum absolute atomic E-state index is 11.7. The van der Waals surface area contributed by atoms with Crippen LogP contribution in [0.25, 0.3) is 0 Å². The summed E-state index contributed by atoms with van der Waals surface area (Å²) in [6, 6.07) is -1.54. The van der Waals surface area contributed by atoms with Crippen molar-refractivity contribution in [1.29, 1.82) is 0 Å². The predicted molar refractivity (Wildman–Crippen MR) is 69.4 cm³/mol. The van der Waals surface area contributed by atoms with Crippen molar-refractivity contribution < 1.29 is 19.5 Å². The Morgan fingerprint density at radius 3 is 2.44 bits per heavy atom. The number of carbonyl (C=O) groups excluding carboxylic acids is 2. The molecule has 0 aliphatic carbocycles. The summed E-state index contributed by atoms with van der Waals surface area (Å²) in [6.07, 6.45) is 2.18. The second kappa shape index (κ2) is 8.62. The van der Waals surface area contributed by atoms with Crippen molar-refractivity contribution in [3.8, 4) is 0 Å². The lowest BCUT2D eigenvalue weighted by molar-refractivity contribution is -0.139. The van der Waals surface area contributed by atoms with Crippen molar-refractivity contribution in [1.82, 2.24) is 10.2 Å². The molecule has 104 valence electrons. The summed E-state index contributed by atoms with van der Waals surface area (Å²) in [5.74, 6) is -1.10. The third kappa shape index (κ3) is 6.33. The van der Waals surface area contributed by atoms with Gasteiger partial charge in [0.2, 0.25) is 5.91 Å². The monoisotopic (exact) mass is 277 g/mol. The first-order valence-electron chi connectivity index (χ1n) is 5.47. The van der Waals surface area contributed by atoms with Crippen LogP contribution in [0.15, 0.2) is 0 Å². The number of nitrogens with two attached hydrogens (primary N) is 1. The van der Waals surface area contributed by atoms with Crippen LogP contribution in [0.4, 0.5) is 4.79 Å². The molecule has 0 saturated carbocycles. The minimum atomic E-state index is -1.09. The minimum Gasteiger partial charge on any atom is -0.480 e. The lowest BCUT2D eigenvalue weighted by Gasteiger charge is -2.22. The molecule has 0 aliphatic rings. The zero-order valence-corrected chi connectivity index (χ0v) is 11.3. The number of hydrogen-bond acceptors (Lipinski definition) is 4. The third-order valence-corrected chi connectivity index (χ3v) is 2.87. The molecule has 0 radical (unpaired) electrons. The van der Waals surface area contributed by atoms with Gasteiger partial charge in [-0.15, -0.1) is 0 Å². The van der Waals surface area contributed by atoms with Crippen molar-refractivity contribution in [3.63, 3.8) is 0 Å². The van der Waals surface area contributed by atoms with Gasteiger partial charge in [-0.3, -0.25) is 4.79 Å². The van der Waals surface area contributed by atoms with Gasteiger partial charge in [0.15, 0.2) is 0 Å². The van der Waals surface area contributed by atoms with Crippen molar-refractivity contribution in [2.45, 2.75) is 19.4 Å². The first kappa shape index (κ1) is 16.6. The molecule has 0 rings (SSSR count). The normalized spacial score (nSPS) is 11.7. The molecule has 4 N–H and O–H groups in total. The van der Waals surface area contributed by atoms with Gasteiger partial charge in [-0.1, -0.05) is 0 Å². The summed E-state index contributed by atoms with van der Waals surface area (Å²) >= 11 is 1.50. The van der Waals surface area contributed by atoms with E-state index in [0.29, 0.717) is 12.2 Å². The standard InChI is InChI=1S/C10H19N3O4S/c1-3-13(6-8(11)14)10(17)12-7(9(15)16)4-5-18-2/h7H,3-6H2,1-2H3,(H2,11,14)(H,12,17)(H,15,16)/t7-/m1/s1. The smallest absolute Gasteiger partial charge is 0.326 e. The highest BCUT2D eigenvalue weighted by molar-refractivity contribution is 7.98. The van der Waals surface area contributed by atoms with Gasteiger partial charge in [-0.25, -0.2) is 9.59 Å². The van der Waals surface area contributed by atoms with E-state index >= 15 is 0 Å². The van der Waals surface area contributed by atoms with Crippen LogP contribution in [-0.2, 0) is 9.59 Å². The lowest BCUT2D eigenvalue weighted by Crippen LogP contribution is -2.50. The van der Waals surface area contributed by atoms with E-state index in [1.807, 2.05) is 6.26 Å². The number of thioether (sulfide) groups is 1. The van der Waals surface area contributed by atoms with Crippen LogP contribution in [0, 0.1) is 0 Å². The molecule has 18 heavy (non-hydrogen) atoms. The summed E-state index contributed by atoms with van der Waals surface area (Å²) in [7, 11) is 0. The van der Waals surface area contributed by atoms with E-state index in [0.717, 1.165) is 4.90 Å². The second-order valence-corrected chi connectivity index (χ2v) is 4.59. The van der Waals surface area contributed by atoms with Gasteiger partial charge >= 0.3 is 12.0 Å². The van der Waals surface area contributed by atoms with Gasteiger partial charge in [0.05, 0.1) is 0 Å². The van der Waals surface area contributed by atoms with Crippen LogP contribution >= 0.6 is 11.8 Å². The predicted octanol–water partition coefficient (Wildman–Crippen LogP) is -0.290. The number of urea groups is 1. The van der Waals surface area contributed by atoms with Gasteiger partial charge < -0.3 is 21.1 Å². The maximum Gasteiger partial charge on any atom is 0.326 e. The van der Waals surface area contributed by atoms with Crippen LogP contribution in [0.3, 0.4) is 0 Å². The molecule has 0 aromatic heterocycles. The average molecular weight is 277 g/mol. The molecular formula is C10H19N3O4S. The Hall–Kier alpha value is -1.44. The number of primary amides is 1. The van der Waals surface area contributed by atoms with Gasteiger partial charge in [0, 0.05) is 6.54 Å². The fraction of sp³-hybridized carbons (Fsp3) is 0.700. The van der Waals surface area contributed by atoms with Crippen LogP contribution < -0.4 is 11.1 Å². The van der Waals surface area contributed by atoms with Gasteiger partial charge in [-0.05, 0) is 25.4 Å². The molecule has 0 aromatic rings. The molecule has 0 bridgehead atoms. The number of nitrogens with zero attached hydrogens (tertiary/aromatic N) is 1. The van der Waals surface area contributed by atoms with E-state index in [1.54, 1.807) is 6.92 Å². The fourth-order valence-electron chi connectivity index (χ4n) is 1.25. The SMILES string of the molecule is CCN(CC(N)=O)C(=O)N[C@H](CCSC)C(=O)O. The zero-order valence-electron chi connectivity index (χ0n) is 10.5. The Morgan fingerprint density at radius 1 is 1.44 bits per heavy atom. The number of carboxylic acid groups (broad SMARTS) is 1. The molecule has 8 heteroatoms. The molecule has 0 aromatic carbocycles. The molecule has 1 atom stereocenters. The number of likely N-dealkylation sites (N-methyl/N-ethyl adjacent to an activating group) is 1. The Labute approximate surface area is 110 Å². The quantitative estimate of drug-likeness (QED) is 0.564. The number of rotatable bonds is 8. The summed E-state index contributed by atoms with van der Waals surface area (Å²) in [6.45, 7) is 1.74. The van der Waals surface area contributed by atoms with Crippen molar-refractivity contribution >= 4 is 29.7 Å². The Balaban J connectivity index is 4.46. The third-order valence-electron chi connectivity index (χ3n) is 2.22. The highest BCUT2D eigenvalue weighted by Crippen LogP contribution is 2.02. The first-order valence-corrected chi connectivity index (χ1v) is 6.87. The van der Waals surface area contributed by atoms with E-state index in [4.69, 9.17) is 10.8 Å². The van der Waals surface area contributed by atoms with Crippen LogP contribution in [0.5, 0.6) is 0 Å². The molecule has 0 fully saturated rings. The maximum atomic E-state index is 11.7. The summed E-state index contributed by atoms with van der Waals surface area (Å²) in [5, 5.41) is 11.3. The molecule has 0 unspecified atom stereocenters. The van der Waals surface area contributed by atoms with Crippen molar-refractivity contribution in [2.24, 2.45) is 5.73 Å². The molecule has 0 spiro atoms. The Morgan fingerprint density at radius 2 is 2.06 bits per heavy atom. The number of amides is 3. The van der Waals surface area contributed by atoms with Crippen molar-refractivity contribution in [2.75, 3.05) is 25.1 Å². The Bertz CT molecular complexity index is 311. The largest absolute Gasteiger partial charge is 0.480 e. The topological polar surface area (TPSA) is 113 Å². The van der Waals surface area contributed by atoms with Crippen molar-refractivity contribution in [3.05, 3.63) is 0 Å². The molecule has 0 saturated heterocycles. The lowest BCUT2D eigenvalue weighted by atomic mass is 10.2. The van der Waals surface area contributed by atoms with E-state index in [-0.39, 0.29) is 13.1 Å². The molecule has 0 aliphatic heterocycles. The van der Waals surface area contributed by atoms with E-state index in [1.165, 1.54) is 11.8 Å². The van der Waals surface area contributed by atoms with Gasteiger partial charge in [0.1, 0.15) is 12.6 Å². The van der Waals surface area contributed by atoms with Gasteiger partial charge in [0.25, 0.3) is 0 Å². The van der Waals surface area contributed by atoms with E-state index in [2.05, 4.69) is 5.32 Å². The fourth-order valence-corrected chi connectivity index (χ4v) is 1.72. The number of hydrogen-bond donors (Lipinski definition) is 3. The number of carbonyl (C=O) groups is 3. The Kier molecular flexibility index (Phi) is 7.93. The van der Waals surface area contributed by atoms with E-state index in [9.17, 15) is 14.4 Å². The average Bonchev–Trinajstić information content (AvgIpc) is 2.30. The number of nitrogens with one attached hydrogen (secondary N) is 1. The zero-order chi connectivity index (χ0) is 14.1. The highest BCUT2D eigenvalue weighted by atomic mass is 32.2. The second-order valence-electron chi connectivity index (χ2n) is 3.60. The van der Waals surface area contributed by atoms with Crippen LogP contribution in [0.2, 0.25) is 0 Å². The molecule has 3 amide bonds. The summed E-state index contributed by atoms with van der Waals surface area (Å²) in [5.41, 5.74) is 5.00. The first-order chi connectivity index (χ1) is 8.42. The van der Waals surface area contributed by atoms with E-state index < -0.39 is 23.9 Å². The minimum absolute atomic E-state index is 0.225.